The van der Waals surface area contributed by atoms with Crippen molar-refractivity contribution in [3.8, 4) is 0 Å². The van der Waals surface area contributed by atoms with Crippen LogP contribution >= 0.6 is 11.3 Å². The Morgan fingerprint density at radius 2 is 2.17 bits per heavy atom. The van der Waals surface area contributed by atoms with Gasteiger partial charge >= 0.3 is 0 Å². The van der Waals surface area contributed by atoms with Gasteiger partial charge in [-0.15, -0.1) is 11.3 Å². The molecule has 0 fully saturated rings. The molecule has 1 atom stereocenters. The molecule has 0 radical (unpaired) electrons. The molecule has 0 aliphatic heterocycles. The maximum absolute atomic E-state index is 12.0. The Morgan fingerprint density at radius 1 is 1.50 bits per heavy atom. The summed E-state index contributed by atoms with van der Waals surface area (Å²) in [5.41, 5.74) is 4.50. The molecule has 0 unspecified atom stereocenters. The van der Waals surface area contributed by atoms with Crippen molar-refractivity contribution in [2.75, 3.05) is 0 Å². The Morgan fingerprint density at radius 3 is 2.56 bits per heavy atom. The van der Waals surface area contributed by atoms with Crippen LogP contribution in [0.25, 0.3) is 0 Å². The minimum Gasteiger partial charge on any atom is -0.368 e. The van der Waals surface area contributed by atoms with Crippen molar-refractivity contribution in [3.05, 3.63) is 22.4 Å². The van der Waals surface area contributed by atoms with Crippen LogP contribution in [0.2, 0.25) is 0 Å². The SMILES string of the molecule is CC[C@@](NC(=O)Cc1cccs1)(C(N)=O)C(C)C. The Balaban J connectivity index is 2.78. The molecule has 3 N–H and O–H groups in total. The van der Waals surface area contributed by atoms with Gasteiger partial charge in [0.15, 0.2) is 0 Å². The molecule has 0 saturated heterocycles. The van der Waals surface area contributed by atoms with Crippen molar-refractivity contribution < 1.29 is 9.59 Å². The van der Waals surface area contributed by atoms with Crippen molar-refractivity contribution in [3.63, 3.8) is 0 Å². The molecule has 4 nitrogen and oxygen atoms in total. The quantitative estimate of drug-likeness (QED) is 0.824. The van der Waals surface area contributed by atoms with E-state index >= 15 is 0 Å². The highest BCUT2D eigenvalue weighted by Crippen LogP contribution is 2.21. The molecule has 0 aliphatic rings. The van der Waals surface area contributed by atoms with Gasteiger partial charge in [0.25, 0.3) is 0 Å². The topological polar surface area (TPSA) is 72.2 Å². The second-order valence-electron chi connectivity index (χ2n) is 4.65. The number of amides is 2. The zero-order valence-corrected chi connectivity index (χ0v) is 11.8. The fourth-order valence-electron chi connectivity index (χ4n) is 2.03. The molecule has 2 amide bonds. The number of carbonyl (C=O) groups is 2. The molecule has 1 rings (SSSR count). The van der Waals surface area contributed by atoms with Gasteiger partial charge < -0.3 is 11.1 Å². The third-order valence-electron chi connectivity index (χ3n) is 3.26. The molecule has 1 aromatic heterocycles. The first-order valence-corrected chi connectivity index (χ1v) is 6.93. The molecular formula is C13H20N2O2S. The minimum absolute atomic E-state index is 0.0349. The van der Waals surface area contributed by atoms with E-state index in [1.165, 1.54) is 11.3 Å². The predicted molar refractivity (Wildman–Crippen MR) is 73.2 cm³/mol. The number of hydrogen-bond acceptors (Lipinski definition) is 3. The molecule has 0 bridgehead atoms. The fourth-order valence-corrected chi connectivity index (χ4v) is 2.73. The maximum atomic E-state index is 12.0. The average molecular weight is 268 g/mol. The highest BCUT2D eigenvalue weighted by molar-refractivity contribution is 7.10. The van der Waals surface area contributed by atoms with Crippen molar-refractivity contribution >= 4 is 23.2 Å². The molecule has 100 valence electrons. The lowest BCUT2D eigenvalue weighted by atomic mass is 9.83. The summed E-state index contributed by atoms with van der Waals surface area (Å²) in [5, 5.41) is 4.73. The summed E-state index contributed by atoms with van der Waals surface area (Å²) >= 11 is 1.52. The zero-order valence-electron chi connectivity index (χ0n) is 11.0. The van der Waals surface area contributed by atoms with Crippen molar-refractivity contribution in [2.45, 2.75) is 39.2 Å². The summed E-state index contributed by atoms with van der Waals surface area (Å²) in [7, 11) is 0. The molecule has 0 aliphatic carbocycles. The van der Waals surface area contributed by atoms with E-state index in [1.54, 1.807) is 0 Å². The molecule has 0 aromatic carbocycles. The largest absolute Gasteiger partial charge is 0.368 e. The minimum atomic E-state index is -0.950. The van der Waals surface area contributed by atoms with E-state index in [-0.39, 0.29) is 11.8 Å². The van der Waals surface area contributed by atoms with Gasteiger partial charge in [-0.2, -0.15) is 0 Å². The molecular weight excluding hydrogens is 248 g/mol. The Bertz CT molecular complexity index is 415. The Hall–Kier alpha value is -1.36. The monoisotopic (exact) mass is 268 g/mol. The lowest BCUT2D eigenvalue weighted by molar-refractivity contribution is -0.133. The summed E-state index contributed by atoms with van der Waals surface area (Å²) in [6, 6.07) is 3.80. The van der Waals surface area contributed by atoms with Crippen LogP contribution in [0.15, 0.2) is 17.5 Å². The summed E-state index contributed by atoms with van der Waals surface area (Å²) in [4.78, 5) is 24.6. The number of thiophene rings is 1. The summed E-state index contributed by atoms with van der Waals surface area (Å²) in [6.07, 6.45) is 0.787. The van der Waals surface area contributed by atoms with Crippen LogP contribution in [0.1, 0.15) is 32.1 Å². The van der Waals surface area contributed by atoms with Crippen LogP contribution in [0.5, 0.6) is 0 Å². The first-order chi connectivity index (χ1) is 8.42. The van der Waals surface area contributed by atoms with Gasteiger partial charge in [0.2, 0.25) is 11.8 Å². The molecule has 0 spiro atoms. The van der Waals surface area contributed by atoms with Crippen molar-refractivity contribution in [1.29, 1.82) is 0 Å². The smallest absolute Gasteiger partial charge is 0.243 e. The average Bonchev–Trinajstić information content (AvgIpc) is 2.77. The molecule has 5 heteroatoms. The van der Waals surface area contributed by atoms with E-state index < -0.39 is 11.4 Å². The maximum Gasteiger partial charge on any atom is 0.243 e. The van der Waals surface area contributed by atoms with Gasteiger partial charge in [-0.05, 0) is 23.8 Å². The van der Waals surface area contributed by atoms with E-state index in [1.807, 2.05) is 38.3 Å². The van der Waals surface area contributed by atoms with Crippen LogP contribution in [-0.4, -0.2) is 17.4 Å². The summed E-state index contributed by atoms with van der Waals surface area (Å²) < 4.78 is 0. The van der Waals surface area contributed by atoms with Crippen LogP contribution in [-0.2, 0) is 16.0 Å². The number of nitrogens with one attached hydrogen (secondary N) is 1. The van der Waals surface area contributed by atoms with E-state index in [2.05, 4.69) is 5.32 Å². The van der Waals surface area contributed by atoms with Crippen LogP contribution < -0.4 is 11.1 Å². The van der Waals surface area contributed by atoms with Crippen LogP contribution in [0.4, 0.5) is 0 Å². The van der Waals surface area contributed by atoms with Gasteiger partial charge in [0.05, 0.1) is 6.42 Å². The standard InChI is InChI=1S/C13H20N2O2S/c1-4-13(9(2)3,12(14)17)15-11(16)8-10-6-5-7-18-10/h5-7,9H,4,8H2,1-3H3,(H2,14,17)(H,15,16)/t13-/m0/s1. The van der Waals surface area contributed by atoms with E-state index in [0.717, 1.165) is 4.88 Å². The van der Waals surface area contributed by atoms with Gasteiger partial charge in [0.1, 0.15) is 5.54 Å². The first kappa shape index (κ1) is 14.7. The third kappa shape index (κ3) is 3.10. The van der Waals surface area contributed by atoms with Crippen molar-refractivity contribution in [1.82, 2.24) is 5.32 Å². The summed E-state index contributed by atoms with van der Waals surface area (Å²) in [5.74, 6) is -0.668. The number of hydrogen-bond donors (Lipinski definition) is 2. The Kier molecular flexibility index (Phi) is 4.90. The Labute approximate surface area is 112 Å². The van der Waals surface area contributed by atoms with E-state index in [4.69, 9.17) is 5.73 Å². The third-order valence-corrected chi connectivity index (χ3v) is 4.14. The van der Waals surface area contributed by atoms with Crippen molar-refractivity contribution in [2.24, 2.45) is 11.7 Å². The number of primary amides is 1. The molecule has 18 heavy (non-hydrogen) atoms. The molecule has 1 aromatic rings. The summed E-state index contributed by atoms with van der Waals surface area (Å²) in [6.45, 7) is 5.63. The molecule has 1 heterocycles. The lowest BCUT2D eigenvalue weighted by Crippen LogP contribution is -2.60. The fraction of sp³-hybridized carbons (Fsp3) is 0.538. The first-order valence-electron chi connectivity index (χ1n) is 6.05. The van der Waals surface area contributed by atoms with Gasteiger partial charge in [-0.3, -0.25) is 9.59 Å². The van der Waals surface area contributed by atoms with E-state index in [9.17, 15) is 9.59 Å². The van der Waals surface area contributed by atoms with Gasteiger partial charge in [-0.25, -0.2) is 0 Å². The zero-order chi connectivity index (χ0) is 13.8. The van der Waals surface area contributed by atoms with Crippen LogP contribution in [0, 0.1) is 5.92 Å². The number of rotatable bonds is 6. The van der Waals surface area contributed by atoms with Gasteiger partial charge in [0, 0.05) is 4.88 Å². The lowest BCUT2D eigenvalue weighted by Gasteiger charge is -2.34. The number of nitrogens with two attached hydrogens (primary N) is 1. The number of carbonyl (C=O) groups excluding carboxylic acids is 2. The highest BCUT2D eigenvalue weighted by Gasteiger charge is 2.39. The normalized spacial score (nSPS) is 14.2. The predicted octanol–water partition coefficient (Wildman–Crippen LogP) is 1.70. The second-order valence-corrected chi connectivity index (χ2v) is 5.68. The van der Waals surface area contributed by atoms with E-state index in [0.29, 0.717) is 12.8 Å². The van der Waals surface area contributed by atoms with Crippen LogP contribution in [0.3, 0.4) is 0 Å². The molecule has 0 saturated carbocycles. The second kappa shape index (κ2) is 6.00. The highest BCUT2D eigenvalue weighted by atomic mass is 32.1. The van der Waals surface area contributed by atoms with Gasteiger partial charge in [-0.1, -0.05) is 26.8 Å².